The van der Waals surface area contributed by atoms with Gasteiger partial charge in [0.25, 0.3) is 11.8 Å². The van der Waals surface area contributed by atoms with Crippen LogP contribution in [0.3, 0.4) is 0 Å². The third-order valence-electron chi connectivity index (χ3n) is 5.83. The van der Waals surface area contributed by atoms with Crippen LogP contribution in [0.25, 0.3) is 6.08 Å². The van der Waals surface area contributed by atoms with Gasteiger partial charge in [-0.2, -0.15) is 0 Å². The first-order valence-corrected chi connectivity index (χ1v) is 13.6. The first-order chi connectivity index (χ1) is 18.3. The molecule has 1 saturated heterocycles. The van der Waals surface area contributed by atoms with Crippen LogP contribution in [0.1, 0.15) is 36.1 Å². The fraction of sp³-hybridized carbons (Fsp3) is 0.233. The highest BCUT2D eigenvalue weighted by atomic mass is 32.2. The Morgan fingerprint density at radius 3 is 2.34 bits per heavy atom. The maximum absolute atomic E-state index is 13.2. The van der Waals surface area contributed by atoms with Gasteiger partial charge in [-0.3, -0.25) is 14.5 Å². The topological polar surface area (TPSA) is 67.9 Å². The highest BCUT2D eigenvalue weighted by Crippen LogP contribution is 2.37. The van der Waals surface area contributed by atoms with Crippen molar-refractivity contribution in [3.63, 3.8) is 0 Å². The summed E-state index contributed by atoms with van der Waals surface area (Å²) < 4.78 is 12.0. The van der Waals surface area contributed by atoms with E-state index in [4.69, 9.17) is 21.7 Å². The number of rotatable bonds is 9. The van der Waals surface area contributed by atoms with E-state index in [1.807, 2.05) is 69.3 Å². The van der Waals surface area contributed by atoms with Crippen molar-refractivity contribution in [2.24, 2.45) is 0 Å². The second-order valence-electron chi connectivity index (χ2n) is 8.89. The van der Waals surface area contributed by atoms with Crippen LogP contribution in [-0.4, -0.2) is 29.3 Å². The zero-order chi connectivity index (χ0) is 27.2. The molecule has 1 fully saturated rings. The van der Waals surface area contributed by atoms with Gasteiger partial charge in [-0.25, -0.2) is 0 Å². The molecule has 0 aromatic heterocycles. The predicted octanol–water partition coefficient (Wildman–Crippen LogP) is 6.69. The number of hydrogen-bond donors (Lipinski definition) is 1. The summed E-state index contributed by atoms with van der Waals surface area (Å²) in [6.07, 6.45) is 2.72. The average molecular weight is 547 g/mol. The summed E-state index contributed by atoms with van der Waals surface area (Å²) in [4.78, 5) is 27.7. The molecule has 1 heterocycles. The van der Waals surface area contributed by atoms with Crippen LogP contribution >= 0.6 is 24.0 Å². The van der Waals surface area contributed by atoms with Gasteiger partial charge in [0.15, 0.2) is 22.4 Å². The van der Waals surface area contributed by atoms with E-state index in [0.717, 1.165) is 34.5 Å². The van der Waals surface area contributed by atoms with Gasteiger partial charge in [-0.05, 0) is 91.9 Å². The molecule has 1 aliphatic rings. The van der Waals surface area contributed by atoms with Gasteiger partial charge < -0.3 is 14.8 Å². The number of anilines is 2. The first kappa shape index (κ1) is 27.4. The molecule has 0 radical (unpaired) electrons. The number of hydrogen-bond acceptors (Lipinski definition) is 6. The van der Waals surface area contributed by atoms with Gasteiger partial charge in [0.1, 0.15) is 0 Å². The molecule has 0 unspecified atom stereocenters. The summed E-state index contributed by atoms with van der Waals surface area (Å²) >= 11 is 6.77. The van der Waals surface area contributed by atoms with Crippen LogP contribution < -0.4 is 19.7 Å². The van der Waals surface area contributed by atoms with Crippen LogP contribution in [0.15, 0.2) is 65.6 Å². The van der Waals surface area contributed by atoms with Gasteiger partial charge in [-0.1, -0.05) is 55.2 Å². The second kappa shape index (κ2) is 12.3. The predicted molar refractivity (Wildman–Crippen MR) is 159 cm³/mol. The standard InChI is InChI=1S/C30H30N2O4S2/c1-5-21-7-10-24(11-8-21)32-29(34)27(38-30(32)37)17-22-9-12-25(26(16-22)35-6-2)36-18-28(33)31-23-14-19(3)13-20(4)15-23/h7-17H,5-6,18H2,1-4H3,(H,31,33)/b27-17-. The zero-order valence-electron chi connectivity index (χ0n) is 21.9. The minimum atomic E-state index is -0.267. The lowest BCUT2D eigenvalue weighted by Gasteiger charge is -2.15. The van der Waals surface area contributed by atoms with Crippen LogP contribution in [0.5, 0.6) is 11.5 Å². The van der Waals surface area contributed by atoms with Crippen molar-refractivity contribution in [2.75, 3.05) is 23.4 Å². The number of nitrogens with zero attached hydrogens (tertiary/aromatic N) is 1. The Morgan fingerprint density at radius 1 is 0.974 bits per heavy atom. The van der Waals surface area contributed by atoms with E-state index in [1.165, 1.54) is 17.3 Å². The molecule has 2 amide bonds. The number of nitrogens with one attached hydrogen (secondary N) is 1. The molecule has 6 nitrogen and oxygen atoms in total. The van der Waals surface area contributed by atoms with Crippen LogP contribution in [0.4, 0.5) is 11.4 Å². The lowest BCUT2D eigenvalue weighted by molar-refractivity contribution is -0.118. The Balaban J connectivity index is 1.47. The zero-order valence-corrected chi connectivity index (χ0v) is 23.5. The molecular formula is C30H30N2O4S2. The van der Waals surface area contributed by atoms with E-state index in [2.05, 4.69) is 12.2 Å². The number of amides is 2. The largest absolute Gasteiger partial charge is 0.490 e. The van der Waals surface area contributed by atoms with E-state index < -0.39 is 0 Å². The number of carbonyl (C=O) groups is 2. The molecular weight excluding hydrogens is 516 g/mol. The maximum atomic E-state index is 13.2. The minimum Gasteiger partial charge on any atom is -0.490 e. The highest BCUT2D eigenvalue weighted by Gasteiger charge is 2.33. The summed E-state index contributed by atoms with van der Waals surface area (Å²) in [5.74, 6) is 0.511. The molecule has 0 aliphatic carbocycles. The van der Waals surface area contributed by atoms with Crippen molar-refractivity contribution in [3.05, 3.63) is 87.8 Å². The highest BCUT2D eigenvalue weighted by molar-refractivity contribution is 8.27. The Labute approximate surface area is 233 Å². The van der Waals surface area contributed by atoms with Crippen LogP contribution in [0, 0.1) is 13.8 Å². The summed E-state index contributed by atoms with van der Waals surface area (Å²) in [5.41, 5.74) is 5.59. The average Bonchev–Trinajstić information content (AvgIpc) is 3.15. The van der Waals surface area contributed by atoms with Gasteiger partial charge in [-0.15, -0.1) is 0 Å². The molecule has 0 saturated carbocycles. The molecule has 1 N–H and O–H groups in total. The van der Waals surface area contributed by atoms with E-state index in [-0.39, 0.29) is 18.4 Å². The molecule has 1 aliphatic heterocycles. The lowest BCUT2D eigenvalue weighted by Crippen LogP contribution is -2.27. The number of carbonyl (C=O) groups excluding carboxylic acids is 2. The fourth-order valence-corrected chi connectivity index (χ4v) is 5.41. The van der Waals surface area contributed by atoms with Gasteiger partial charge in [0, 0.05) is 5.69 Å². The fourth-order valence-electron chi connectivity index (χ4n) is 4.11. The summed E-state index contributed by atoms with van der Waals surface area (Å²) in [7, 11) is 0. The summed E-state index contributed by atoms with van der Waals surface area (Å²) in [5, 5.41) is 2.87. The number of ether oxygens (including phenoxy) is 2. The van der Waals surface area contributed by atoms with Gasteiger partial charge >= 0.3 is 0 Å². The normalized spacial score (nSPS) is 14.2. The van der Waals surface area contributed by atoms with Crippen molar-refractivity contribution in [1.29, 1.82) is 0 Å². The molecule has 8 heteroatoms. The number of benzene rings is 3. The molecule has 196 valence electrons. The molecule has 3 aromatic rings. The van der Waals surface area contributed by atoms with Crippen LogP contribution in [0.2, 0.25) is 0 Å². The SMILES string of the molecule is CCOc1cc(/C=C2\SC(=S)N(c3ccc(CC)cc3)C2=O)ccc1OCC(=O)Nc1cc(C)cc(C)c1. The Morgan fingerprint density at radius 2 is 1.68 bits per heavy atom. The van der Waals surface area contributed by atoms with Gasteiger partial charge in [0.05, 0.1) is 17.2 Å². The molecule has 0 bridgehead atoms. The van der Waals surface area contributed by atoms with E-state index >= 15 is 0 Å². The van der Waals surface area contributed by atoms with Crippen molar-refractivity contribution in [2.45, 2.75) is 34.1 Å². The third kappa shape index (κ3) is 6.62. The van der Waals surface area contributed by atoms with E-state index in [0.29, 0.717) is 27.3 Å². The maximum Gasteiger partial charge on any atom is 0.270 e. The summed E-state index contributed by atoms with van der Waals surface area (Å²) in [6, 6.07) is 19.1. The Kier molecular flexibility index (Phi) is 8.86. The van der Waals surface area contributed by atoms with Crippen molar-refractivity contribution >= 4 is 57.6 Å². The first-order valence-electron chi connectivity index (χ1n) is 12.4. The minimum absolute atomic E-state index is 0.161. The number of thioether (sulfide) groups is 1. The van der Waals surface area contributed by atoms with Crippen molar-refractivity contribution in [3.8, 4) is 11.5 Å². The Bertz CT molecular complexity index is 1380. The molecule has 0 atom stereocenters. The third-order valence-corrected chi connectivity index (χ3v) is 7.13. The number of aryl methyl sites for hydroxylation is 3. The summed E-state index contributed by atoms with van der Waals surface area (Å²) in [6.45, 7) is 8.18. The quantitative estimate of drug-likeness (QED) is 0.238. The molecule has 3 aromatic carbocycles. The lowest BCUT2D eigenvalue weighted by atomic mass is 10.1. The monoisotopic (exact) mass is 546 g/mol. The van der Waals surface area contributed by atoms with Crippen LogP contribution in [-0.2, 0) is 16.0 Å². The van der Waals surface area contributed by atoms with E-state index in [1.54, 1.807) is 23.1 Å². The van der Waals surface area contributed by atoms with E-state index in [9.17, 15) is 9.59 Å². The van der Waals surface area contributed by atoms with Crippen molar-refractivity contribution in [1.82, 2.24) is 0 Å². The number of thiocarbonyl (C=S) groups is 1. The Hall–Kier alpha value is -3.62. The molecule has 4 rings (SSSR count). The van der Waals surface area contributed by atoms with Gasteiger partial charge in [0.2, 0.25) is 0 Å². The molecule has 38 heavy (non-hydrogen) atoms. The smallest absolute Gasteiger partial charge is 0.270 e. The van der Waals surface area contributed by atoms with Crippen molar-refractivity contribution < 1.29 is 19.1 Å². The molecule has 0 spiro atoms. The second-order valence-corrected chi connectivity index (χ2v) is 10.6.